The van der Waals surface area contributed by atoms with Crippen LogP contribution in [0.2, 0.25) is 0 Å². The van der Waals surface area contributed by atoms with Gasteiger partial charge in [0.05, 0.1) is 12.2 Å². The lowest BCUT2D eigenvalue weighted by atomic mass is 10.00. The first-order valence-electron chi connectivity index (χ1n) is 6.83. The van der Waals surface area contributed by atoms with Gasteiger partial charge < -0.3 is 10.3 Å². The predicted octanol–water partition coefficient (Wildman–Crippen LogP) is 2.90. The fraction of sp³-hybridized carbons (Fsp3) is 0.438. The SMILES string of the molecule is Cc1nc(CN)n(C)c1Cc1ccc(C(C)C)cc1. The fourth-order valence-corrected chi connectivity index (χ4v) is 2.37. The van der Waals surface area contributed by atoms with Gasteiger partial charge in [-0.2, -0.15) is 0 Å². The van der Waals surface area contributed by atoms with Gasteiger partial charge in [0.1, 0.15) is 5.82 Å². The van der Waals surface area contributed by atoms with Crippen LogP contribution in [0.4, 0.5) is 0 Å². The number of rotatable bonds is 4. The van der Waals surface area contributed by atoms with Crippen LogP contribution in [0.25, 0.3) is 0 Å². The van der Waals surface area contributed by atoms with Crippen LogP contribution >= 0.6 is 0 Å². The van der Waals surface area contributed by atoms with Crippen molar-refractivity contribution in [3.63, 3.8) is 0 Å². The molecule has 1 aromatic carbocycles. The average molecular weight is 257 g/mol. The van der Waals surface area contributed by atoms with Gasteiger partial charge in [0.15, 0.2) is 0 Å². The smallest absolute Gasteiger partial charge is 0.122 e. The van der Waals surface area contributed by atoms with E-state index in [1.165, 1.54) is 16.8 Å². The molecule has 0 aliphatic heterocycles. The molecule has 0 radical (unpaired) electrons. The zero-order valence-corrected chi connectivity index (χ0v) is 12.3. The summed E-state index contributed by atoms with van der Waals surface area (Å²) in [6.45, 7) is 6.97. The first kappa shape index (κ1) is 13.8. The number of hydrogen-bond acceptors (Lipinski definition) is 2. The lowest BCUT2D eigenvalue weighted by molar-refractivity contribution is 0.760. The van der Waals surface area contributed by atoms with Crippen molar-refractivity contribution in [1.29, 1.82) is 0 Å². The van der Waals surface area contributed by atoms with Gasteiger partial charge in [0, 0.05) is 19.2 Å². The second-order valence-electron chi connectivity index (χ2n) is 5.40. The van der Waals surface area contributed by atoms with E-state index in [1.54, 1.807) is 0 Å². The fourth-order valence-electron chi connectivity index (χ4n) is 2.37. The van der Waals surface area contributed by atoms with Gasteiger partial charge in [-0.1, -0.05) is 38.1 Å². The van der Waals surface area contributed by atoms with E-state index in [2.05, 4.69) is 54.6 Å². The van der Waals surface area contributed by atoms with E-state index in [0.717, 1.165) is 17.9 Å². The van der Waals surface area contributed by atoms with Crippen LogP contribution in [0, 0.1) is 6.92 Å². The van der Waals surface area contributed by atoms with E-state index in [4.69, 9.17) is 5.73 Å². The molecule has 0 aliphatic carbocycles. The Morgan fingerprint density at radius 1 is 1.21 bits per heavy atom. The minimum Gasteiger partial charge on any atom is -0.333 e. The highest BCUT2D eigenvalue weighted by Gasteiger charge is 2.11. The molecule has 102 valence electrons. The van der Waals surface area contributed by atoms with Crippen LogP contribution in [0.1, 0.15) is 48.1 Å². The first-order chi connectivity index (χ1) is 9.02. The van der Waals surface area contributed by atoms with Crippen LogP contribution in [-0.4, -0.2) is 9.55 Å². The third-order valence-electron chi connectivity index (χ3n) is 3.71. The summed E-state index contributed by atoms with van der Waals surface area (Å²) in [6, 6.07) is 8.86. The summed E-state index contributed by atoms with van der Waals surface area (Å²) in [6.07, 6.45) is 0.910. The molecule has 0 spiro atoms. The van der Waals surface area contributed by atoms with E-state index in [9.17, 15) is 0 Å². The van der Waals surface area contributed by atoms with Crippen molar-refractivity contribution in [1.82, 2.24) is 9.55 Å². The summed E-state index contributed by atoms with van der Waals surface area (Å²) in [5.41, 5.74) is 10.7. The maximum absolute atomic E-state index is 5.70. The van der Waals surface area contributed by atoms with E-state index in [0.29, 0.717) is 12.5 Å². The van der Waals surface area contributed by atoms with Crippen molar-refractivity contribution in [3.8, 4) is 0 Å². The summed E-state index contributed by atoms with van der Waals surface area (Å²) in [7, 11) is 2.04. The number of benzene rings is 1. The molecule has 0 bridgehead atoms. The number of imidazole rings is 1. The van der Waals surface area contributed by atoms with E-state index < -0.39 is 0 Å². The second-order valence-corrected chi connectivity index (χ2v) is 5.40. The number of aromatic nitrogens is 2. The minimum atomic E-state index is 0.490. The summed E-state index contributed by atoms with van der Waals surface area (Å²) in [4.78, 5) is 4.51. The van der Waals surface area contributed by atoms with Crippen molar-refractivity contribution < 1.29 is 0 Å². The van der Waals surface area contributed by atoms with Crippen LogP contribution in [0.15, 0.2) is 24.3 Å². The summed E-state index contributed by atoms with van der Waals surface area (Å²) < 4.78 is 2.12. The Morgan fingerprint density at radius 2 is 1.84 bits per heavy atom. The molecule has 0 saturated heterocycles. The maximum Gasteiger partial charge on any atom is 0.122 e. The van der Waals surface area contributed by atoms with Crippen LogP contribution < -0.4 is 5.73 Å². The third-order valence-corrected chi connectivity index (χ3v) is 3.71. The lowest BCUT2D eigenvalue weighted by Crippen LogP contribution is -2.07. The van der Waals surface area contributed by atoms with Crippen molar-refractivity contribution >= 4 is 0 Å². The molecular formula is C16H23N3. The zero-order chi connectivity index (χ0) is 14.0. The topological polar surface area (TPSA) is 43.8 Å². The van der Waals surface area contributed by atoms with Crippen molar-refractivity contribution in [2.75, 3.05) is 0 Å². The Kier molecular flexibility index (Phi) is 4.05. The standard InChI is InChI=1S/C16H23N3/c1-11(2)14-7-5-13(6-8-14)9-15-12(3)18-16(10-17)19(15)4/h5-8,11H,9-10,17H2,1-4H3. The van der Waals surface area contributed by atoms with Crippen LogP contribution in [-0.2, 0) is 20.0 Å². The van der Waals surface area contributed by atoms with E-state index in [-0.39, 0.29) is 0 Å². The monoisotopic (exact) mass is 257 g/mol. The molecule has 0 unspecified atom stereocenters. The molecule has 0 aliphatic rings. The molecule has 2 rings (SSSR count). The number of aryl methyl sites for hydroxylation is 1. The molecule has 0 amide bonds. The molecule has 3 heteroatoms. The Balaban J connectivity index is 2.24. The van der Waals surface area contributed by atoms with Crippen molar-refractivity contribution in [2.45, 2.75) is 39.7 Å². The number of nitrogens with zero attached hydrogens (tertiary/aromatic N) is 2. The third kappa shape index (κ3) is 2.87. The molecule has 2 aromatic rings. The molecule has 19 heavy (non-hydrogen) atoms. The van der Waals surface area contributed by atoms with Gasteiger partial charge in [-0.3, -0.25) is 0 Å². The number of hydrogen-bond donors (Lipinski definition) is 1. The highest BCUT2D eigenvalue weighted by Crippen LogP contribution is 2.18. The zero-order valence-electron chi connectivity index (χ0n) is 12.3. The molecule has 3 nitrogen and oxygen atoms in total. The van der Waals surface area contributed by atoms with Gasteiger partial charge in [0.25, 0.3) is 0 Å². The van der Waals surface area contributed by atoms with Gasteiger partial charge >= 0.3 is 0 Å². The summed E-state index contributed by atoms with van der Waals surface area (Å²) in [5, 5.41) is 0. The first-order valence-corrected chi connectivity index (χ1v) is 6.83. The van der Waals surface area contributed by atoms with Gasteiger partial charge in [-0.15, -0.1) is 0 Å². The molecule has 1 heterocycles. The predicted molar refractivity (Wildman–Crippen MR) is 79.2 cm³/mol. The van der Waals surface area contributed by atoms with Gasteiger partial charge in [0.2, 0.25) is 0 Å². The Morgan fingerprint density at radius 3 is 2.32 bits per heavy atom. The second kappa shape index (κ2) is 5.57. The minimum absolute atomic E-state index is 0.490. The Bertz CT molecular complexity index is 550. The Hall–Kier alpha value is -1.61. The van der Waals surface area contributed by atoms with E-state index in [1.807, 2.05) is 7.05 Å². The Labute approximate surface area is 115 Å². The summed E-state index contributed by atoms with van der Waals surface area (Å²) >= 11 is 0. The molecule has 0 atom stereocenters. The highest BCUT2D eigenvalue weighted by molar-refractivity contribution is 5.29. The van der Waals surface area contributed by atoms with Gasteiger partial charge in [-0.05, 0) is 24.0 Å². The average Bonchev–Trinajstić information content (AvgIpc) is 2.67. The van der Waals surface area contributed by atoms with E-state index >= 15 is 0 Å². The lowest BCUT2D eigenvalue weighted by Gasteiger charge is -2.09. The maximum atomic E-state index is 5.70. The van der Waals surface area contributed by atoms with Crippen molar-refractivity contribution in [3.05, 3.63) is 52.6 Å². The van der Waals surface area contributed by atoms with Crippen LogP contribution in [0.5, 0.6) is 0 Å². The highest BCUT2D eigenvalue weighted by atomic mass is 15.1. The quantitative estimate of drug-likeness (QED) is 0.915. The van der Waals surface area contributed by atoms with Crippen LogP contribution in [0.3, 0.4) is 0 Å². The normalized spacial score (nSPS) is 11.3. The molecule has 2 N–H and O–H groups in total. The number of nitrogens with two attached hydrogens (primary N) is 1. The molecule has 0 saturated carbocycles. The summed E-state index contributed by atoms with van der Waals surface area (Å²) in [5.74, 6) is 1.53. The molecule has 1 aromatic heterocycles. The molecular weight excluding hydrogens is 234 g/mol. The largest absolute Gasteiger partial charge is 0.333 e. The van der Waals surface area contributed by atoms with Crippen molar-refractivity contribution in [2.24, 2.45) is 12.8 Å². The van der Waals surface area contributed by atoms with Gasteiger partial charge in [-0.25, -0.2) is 4.98 Å². The molecule has 0 fully saturated rings.